The molecule has 1 saturated heterocycles. The molecule has 0 spiro atoms. The number of hydrogen-bond donors (Lipinski definition) is 2. The quantitative estimate of drug-likeness (QED) is 0.882. The summed E-state index contributed by atoms with van der Waals surface area (Å²) in [7, 11) is 1.91. The zero-order valence-corrected chi connectivity index (χ0v) is 14.3. The summed E-state index contributed by atoms with van der Waals surface area (Å²) in [6.07, 6.45) is 5.85. The van der Waals surface area contributed by atoms with Crippen molar-refractivity contribution in [2.24, 2.45) is 12.8 Å². The minimum absolute atomic E-state index is 0.376. The first-order valence-corrected chi connectivity index (χ1v) is 8.42. The molecule has 1 aliphatic rings. The van der Waals surface area contributed by atoms with Gasteiger partial charge in [-0.05, 0) is 43.0 Å². The molecule has 1 aliphatic heterocycles. The molecule has 0 saturated carbocycles. The predicted octanol–water partition coefficient (Wildman–Crippen LogP) is 1.54. The molecule has 0 aliphatic carbocycles. The Labute approximate surface area is 146 Å². The molecule has 2 aromatic rings. The van der Waals surface area contributed by atoms with Gasteiger partial charge in [0.15, 0.2) is 0 Å². The molecule has 7 nitrogen and oxygen atoms in total. The number of nitrogens with zero attached hydrogens (tertiary/aromatic N) is 3. The lowest BCUT2D eigenvalue weighted by molar-refractivity contribution is -0.126. The average molecular weight is 341 g/mol. The van der Waals surface area contributed by atoms with Gasteiger partial charge in [0.2, 0.25) is 5.91 Å². The molecule has 1 aromatic carbocycles. The number of imide groups is 1. The van der Waals surface area contributed by atoms with Gasteiger partial charge in [0, 0.05) is 13.2 Å². The van der Waals surface area contributed by atoms with Crippen molar-refractivity contribution < 1.29 is 9.59 Å². The molecule has 3 rings (SSSR count). The number of nitrogens with two attached hydrogens (primary N) is 1. The van der Waals surface area contributed by atoms with Crippen molar-refractivity contribution in [2.45, 2.75) is 24.8 Å². The standard InChI is InChI=1S/C18H23N5O2/c1-22-12-15(11-20-22)13-7-9-23(10-8-13)16(17(24)21-18(19)25)14-5-3-2-4-6-14/h2-6,11-13,16H,7-10H2,1H3,(H3,19,21,24,25). The van der Waals surface area contributed by atoms with Crippen molar-refractivity contribution in [2.75, 3.05) is 13.1 Å². The molecule has 3 N–H and O–H groups in total. The highest BCUT2D eigenvalue weighted by Gasteiger charge is 2.32. The van der Waals surface area contributed by atoms with E-state index in [0.29, 0.717) is 5.92 Å². The lowest BCUT2D eigenvalue weighted by atomic mass is 9.90. The first kappa shape index (κ1) is 17.2. The summed E-state index contributed by atoms with van der Waals surface area (Å²) in [5.74, 6) is 0.0686. The SMILES string of the molecule is Cn1cc(C2CCN(C(C(=O)NC(N)=O)c3ccccc3)CC2)cn1. The number of likely N-dealkylation sites (tertiary alicyclic amines) is 1. The van der Waals surface area contributed by atoms with Crippen LogP contribution >= 0.6 is 0 Å². The van der Waals surface area contributed by atoms with Crippen molar-refractivity contribution in [1.29, 1.82) is 0 Å². The number of primary amides is 1. The van der Waals surface area contributed by atoms with Gasteiger partial charge in [-0.25, -0.2) is 4.79 Å². The maximum atomic E-state index is 12.5. The number of urea groups is 1. The fourth-order valence-electron chi connectivity index (χ4n) is 3.50. The van der Waals surface area contributed by atoms with Gasteiger partial charge >= 0.3 is 6.03 Å². The number of carbonyl (C=O) groups excluding carboxylic acids is 2. The van der Waals surface area contributed by atoms with Crippen LogP contribution < -0.4 is 11.1 Å². The van der Waals surface area contributed by atoms with Gasteiger partial charge in [-0.2, -0.15) is 5.10 Å². The van der Waals surface area contributed by atoms with Crippen LogP contribution in [0.1, 0.15) is 35.9 Å². The van der Waals surface area contributed by atoms with Gasteiger partial charge in [-0.1, -0.05) is 30.3 Å². The first-order chi connectivity index (χ1) is 12.0. The van der Waals surface area contributed by atoms with E-state index in [4.69, 9.17) is 5.73 Å². The van der Waals surface area contributed by atoms with Crippen LogP contribution in [0.5, 0.6) is 0 Å². The van der Waals surface area contributed by atoms with E-state index in [1.165, 1.54) is 5.56 Å². The monoisotopic (exact) mass is 341 g/mol. The van der Waals surface area contributed by atoms with Gasteiger partial charge in [-0.3, -0.25) is 19.7 Å². The zero-order chi connectivity index (χ0) is 17.8. The third-order valence-corrected chi connectivity index (χ3v) is 4.70. The van der Waals surface area contributed by atoms with E-state index < -0.39 is 12.1 Å². The number of nitrogens with one attached hydrogen (secondary N) is 1. The van der Waals surface area contributed by atoms with E-state index in [1.54, 1.807) is 0 Å². The van der Waals surface area contributed by atoms with Crippen LogP contribution in [0.2, 0.25) is 0 Å². The highest BCUT2D eigenvalue weighted by Crippen LogP contribution is 2.32. The number of hydrogen-bond acceptors (Lipinski definition) is 4. The van der Waals surface area contributed by atoms with Crippen LogP contribution in [0.4, 0.5) is 4.79 Å². The molecular formula is C18H23N5O2. The molecular weight excluding hydrogens is 318 g/mol. The summed E-state index contributed by atoms with van der Waals surface area (Å²) in [6, 6.07) is 8.16. The van der Waals surface area contributed by atoms with Crippen LogP contribution in [0, 0.1) is 0 Å². The third-order valence-electron chi connectivity index (χ3n) is 4.70. The molecule has 7 heteroatoms. The van der Waals surface area contributed by atoms with Crippen molar-refractivity contribution in [3.8, 4) is 0 Å². The molecule has 3 amide bonds. The average Bonchev–Trinajstić information content (AvgIpc) is 3.02. The van der Waals surface area contributed by atoms with Crippen LogP contribution in [-0.4, -0.2) is 39.7 Å². The summed E-state index contributed by atoms with van der Waals surface area (Å²) < 4.78 is 1.81. The van der Waals surface area contributed by atoms with E-state index in [-0.39, 0.29) is 5.91 Å². The molecule has 132 valence electrons. The van der Waals surface area contributed by atoms with Crippen LogP contribution in [0.15, 0.2) is 42.7 Å². The number of aryl methyl sites for hydroxylation is 1. The Balaban J connectivity index is 1.74. The van der Waals surface area contributed by atoms with Gasteiger partial charge in [0.25, 0.3) is 0 Å². The number of aromatic nitrogens is 2. The van der Waals surface area contributed by atoms with Crippen molar-refractivity contribution in [1.82, 2.24) is 20.0 Å². The number of piperidine rings is 1. The normalized spacial score (nSPS) is 17.2. The first-order valence-electron chi connectivity index (χ1n) is 8.42. The van der Waals surface area contributed by atoms with E-state index in [0.717, 1.165) is 31.5 Å². The van der Waals surface area contributed by atoms with Crippen LogP contribution in [0.3, 0.4) is 0 Å². The number of amides is 3. The number of benzene rings is 1. The minimum Gasteiger partial charge on any atom is -0.351 e. The second kappa shape index (κ2) is 7.48. The Bertz CT molecular complexity index is 735. The molecule has 25 heavy (non-hydrogen) atoms. The van der Waals surface area contributed by atoms with Gasteiger partial charge in [0.1, 0.15) is 6.04 Å². The van der Waals surface area contributed by atoms with E-state index in [9.17, 15) is 9.59 Å². The van der Waals surface area contributed by atoms with E-state index >= 15 is 0 Å². The fraction of sp³-hybridized carbons (Fsp3) is 0.389. The largest absolute Gasteiger partial charge is 0.351 e. The summed E-state index contributed by atoms with van der Waals surface area (Å²) in [6.45, 7) is 1.54. The minimum atomic E-state index is -0.823. The lowest BCUT2D eigenvalue weighted by Gasteiger charge is -2.36. The molecule has 0 bridgehead atoms. The van der Waals surface area contributed by atoms with Gasteiger partial charge in [0.05, 0.1) is 6.20 Å². The molecule has 1 atom stereocenters. The third kappa shape index (κ3) is 4.06. The Morgan fingerprint density at radius 1 is 1.24 bits per heavy atom. The Morgan fingerprint density at radius 3 is 2.48 bits per heavy atom. The smallest absolute Gasteiger partial charge is 0.318 e. The Morgan fingerprint density at radius 2 is 1.92 bits per heavy atom. The predicted molar refractivity (Wildman–Crippen MR) is 93.7 cm³/mol. The summed E-state index contributed by atoms with van der Waals surface area (Å²) in [5, 5.41) is 6.47. The summed E-state index contributed by atoms with van der Waals surface area (Å²) >= 11 is 0. The summed E-state index contributed by atoms with van der Waals surface area (Å²) in [5.41, 5.74) is 7.24. The number of rotatable bonds is 4. The highest BCUT2D eigenvalue weighted by molar-refractivity contribution is 5.96. The maximum Gasteiger partial charge on any atom is 0.318 e. The maximum absolute atomic E-state index is 12.5. The van der Waals surface area contributed by atoms with Crippen molar-refractivity contribution in [3.63, 3.8) is 0 Å². The van der Waals surface area contributed by atoms with Crippen molar-refractivity contribution in [3.05, 3.63) is 53.9 Å². The van der Waals surface area contributed by atoms with Crippen LogP contribution in [-0.2, 0) is 11.8 Å². The molecule has 2 heterocycles. The number of carbonyl (C=O) groups is 2. The van der Waals surface area contributed by atoms with E-state index in [1.807, 2.05) is 48.3 Å². The molecule has 0 radical (unpaired) electrons. The Kier molecular flexibility index (Phi) is 5.14. The summed E-state index contributed by atoms with van der Waals surface area (Å²) in [4.78, 5) is 25.8. The van der Waals surface area contributed by atoms with Crippen LogP contribution in [0.25, 0.3) is 0 Å². The lowest BCUT2D eigenvalue weighted by Crippen LogP contribution is -2.46. The second-order valence-electron chi connectivity index (χ2n) is 6.42. The highest BCUT2D eigenvalue weighted by atomic mass is 16.2. The second-order valence-corrected chi connectivity index (χ2v) is 6.42. The van der Waals surface area contributed by atoms with E-state index in [2.05, 4.69) is 21.5 Å². The molecule has 1 aromatic heterocycles. The molecule has 1 unspecified atom stereocenters. The molecule has 1 fully saturated rings. The zero-order valence-electron chi connectivity index (χ0n) is 14.3. The van der Waals surface area contributed by atoms with Gasteiger partial charge in [-0.15, -0.1) is 0 Å². The topological polar surface area (TPSA) is 93.3 Å². The van der Waals surface area contributed by atoms with Crippen molar-refractivity contribution >= 4 is 11.9 Å². The Hall–Kier alpha value is -2.67. The fourth-order valence-corrected chi connectivity index (χ4v) is 3.50. The van der Waals surface area contributed by atoms with Gasteiger partial charge < -0.3 is 5.73 Å².